The molecule has 208 valence electrons. The first-order valence-corrected chi connectivity index (χ1v) is 13.2. The first-order valence-electron chi connectivity index (χ1n) is 12.4. The highest BCUT2D eigenvalue weighted by atomic mass is 32.1. The van der Waals surface area contributed by atoms with Crippen molar-refractivity contribution in [3.63, 3.8) is 0 Å². The average molecular weight is 565 g/mol. The fourth-order valence-corrected chi connectivity index (χ4v) is 6.48. The quantitative estimate of drug-likeness (QED) is 0.456. The van der Waals surface area contributed by atoms with E-state index in [2.05, 4.69) is 33.2 Å². The standard InChI is InChI=1S/C24H26N4O3S.C2HF3O2/c1-24(2)19-20(24)23(30)28(22(19)29)13-15-10-17-21(32-15)16(5-6-26-17)18-4-3-8-27(18)12-14-11-25-7-9-31-14;3-2(4,5)1(6)7/h3-6,8,10,14,19-20,25H,7,9,11-13H2,1-2H3;(H,6,7). The summed E-state index contributed by atoms with van der Waals surface area (Å²) in [6, 6.07) is 8.23. The second kappa shape index (κ2) is 10.0. The van der Waals surface area contributed by atoms with Gasteiger partial charge in [0.2, 0.25) is 11.8 Å². The number of morpholine rings is 1. The van der Waals surface area contributed by atoms with Crippen molar-refractivity contribution in [3.05, 3.63) is 41.5 Å². The van der Waals surface area contributed by atoms with Gasteiger partial charge in [0.15, 0.2) is 0 Å². The summed E-state index contributed by atoms with van der Waals surface area (Å²) in [5.74, 6) is -3.08. The van der Waals surface area contributed by atoms with E-state index in [4.69, 9.17) is 14.6 Å². The molecule has 5 heterocycles. The number of ether oxygens (including phenoxy) is 1. The number of piperidine rings is 1. The normalized spacial score (nSPS) is 23.9. The van der Waals surface area contributed by atoms with Gasteiger partial charge >= 0.3 is 12.1 Å². The molecule has 2 amide bonds. The molecule has 6 rings (SSSR count). The molecular weight excluding hydrogens is 537 g/mol. The molecule has 0 aromatic carbocycles. The fourth-order valence-electron chi connectivity index (χ4n) is 5.36. The first-order chi connectivity index (χ1) is 18.4. The van der Waals surface area contributed by atoms with Crippen LogP contribution < -0.4 is 5.32 Å². The Balaban J connectivity index is 0.000000392. The van der Waals surface area contributed by atoms with Gasteiger partial charge in [-0.2, -0.15) is 13.2 Å². The molecule has 2 N–H and O–H groups in total. The van der Waals surface area contributed by atoms with Gasteiger partial charge in [0.25, 0.3) is 0 Å². The number of pyridine rings is 1. The lowest BCUT2D eigenvalue weighted by Gasteiger charge is -2.25. The predicted molar refractivity (Wildman–Crippen MR) is 136 cm³/mol. The lowest BCUT2D eigenvalue weighted by molar-refractivity contribution is -0.192. The summed E-state index contributed by atoms with van der Waals surface area (Å²) in [4.78, 5) is 41.4. The van der Waals surface area contributed by atoms with Gasteiger partial charge in [0, 0.05) is 41.6 Å². The number of carbonyl (C=O) groups excluding carboxylic acids is 2. The number of thiophene rings is 1. The van der Waals surface area contributed by atoms with Crippen molar-refractivity contribution in [1.82, 2.24) is 19.8 Å². The smallest absolute Gasteiger partial charge is 0.475 e. The minimum Gasteiger partial charge on any atom is -0.475 e. The Morgan fingerprint density at radius 2 is 1.95 bits per heavy atom. The number of imide groups is 1. The molecule has 3 aromatic heterocycles. The summed E-state index contributed by atoms with van der Waals surface area (Å²) in [6.45, 7) is 7.63. The maximum Gasteiger partial charge on any atom is 0.490 e. The zero-order valence-corrected chi connectivity index (χ0v) is 22.0. The number of likely N-dealkylation sites (tertiary alicyclic amines) is 1. The van der Waals surface area contributed by atoms with Crippen LogP contribution in [0.3, 0.4) is 0 Å². The molecule has 2 aliphatic heterocycles. The van der Waals surface area contributed by atoms with Gasteiger partial charge in [-0.1, -0.05) is 13.8 Å². The first kappa shape index (κ1) is 27.3. The van der Waals surface area contributed by atoms with Gasteiger partial charge in [-0.3, -0.25) is 19.5 Å². The molecule has 0 bridgehead atoms. The summed E-state index contributed by atoms with van der Waals surface area (Å²) in [5.41, 5.74) is 2.96. The number of carboxylic acid groups (broad SMARTS) is 1. The summed E-state index contributed by atoms with van der Waals surface area (Å²) in [6.07, 6.45) is -1.02. The van der Waals surface area contributed by atoms with Crippen molar-refractivity contribution in [2.75, 3.05) is 19.7 Å². The van der Waals surface area contributed by atoms with Crippen molar-refractivity contribution in [1.29, 1.82) is 0 Å². The van der Waals surface area contributed by atoms with Crippen LogP contribution in [0, 0.1) is 17.3 Å². The maximum atomic E-state index is 12.8. The van der Waals surface area contributed by atoms with E-state index in [-0.39, 0.29) is 35.2 Å². The third-order valence-electron chi connectivity index (χ3n) is 7.42. The van der Waals surface area contributed by atoms with Crippen molar-refractivity contribution in [3.8, 4) is 11.3 Å². The molecule has 3 aromatic rings. The highest BCUT2D eigenvalue weighted by Gasteiger charge is 2.72. The lowest BCUT2D eigenvalue weighted by atomic mass is 10.1. The molecule has 3 atom stereocenters. The summed E-state index contributed by atoms with van der Waals surface area (Å²) in [7, 11) is 0. The molecule has 13 heteroatoms. The molecule has 9 nitrogen and oxygen atoms in total. The van der Waals surface area contributed by atoms with Gasteiger partial charge in [-0.15, -0.1) is 11.3 Å². The Morgan fingerprint density at radius 3 is 2.56 bits per heavy atom. The van der Waals surface area contributed by atoms with Crippen molar-refractivity contribution >= 4 is 39.3 Å². The molecule has 1 saturated carbocycles. The number of hydrogen-bond donors (Lipinski definition) is 2. The van der Waals surface area contributed by atoms with E-state index < -0.39 is 12.1 Å². The number of amides is 2. The summed E-state index contributed by atoms with van der Waals surface area (Å²) >= 11 is 1.62. The minimum atomic E-state index is -5.08. The lowest BCUT2D eigenvalue weighted by Crippen LogP contribution is -2.40. The van der Waals surface area contributed by atoms with Crippen LogP contribution in [-0.4, -0.2) is 69.3 Å². The number of rotatable bonds is 5. The zero-order valence-electron chi connectivity index (χ0n) is 21.2. The molecule has 1 aliphatic carbocycles. The third kappa shape index (κ3) is 5.18. The van der Waals surface area contributed by atoms with Gasteiger partial charge in [-0.25, -0.2) is 4.79 Å². The number of carbonyl (C=O) groups is 3. The van der Waals surface area contributed by atoms with E-state index in [1.54, 1.807) is 11.3 Å². The van der Waals surface area contributed by atoms with Crippen LogP contribution in [0.2, 0.25) is 0 Å². The summed E-state index contributed by atoms with van der Waals surface area (Å²) < 4.78 is 40.9. The number of nitrogens with zero attached hydrogens (tertiary/aromatic N) is 3. The van der Waals surface area contributed by atoms with Crippen LogP contribution in [0.5, 0.6) is 0 Å². The van der Waals surface area contributed by atoms with E-state index in [0.717, 1.165) is 52.6 Å². The van der Waals surface area contributed by atoms with E-state index in [1.807, 2.05) is 32.2 Å². The molecule has 3 fully saturated rings. The number of halogens is 3. The van der Waals surface area contributed by atoms with Crippen molar-refractivity contribution < 1.29 is 37.4 Å². The Hall–Kier alpha value is -3.29. The number of aromatic nitrogens is 2. The van der Waals surface area contributed by atoms with Crippen LogP contribution in [0.15, 0.2) is 36.7 Å². The van der Waals surface area contributed by atoms with Gasteiger partial charge < -0.3 is 19.7 Å². The maximum absolute atomic E-state index is 12.8. The molecule has 0 radical (unpaired) electrons. The number of nitrogens with one attached hydrogen (secondary N) is 1. The SMILES string of the molecule is CC1(C)C2C(=O)N(Cc3cc4nccc(-c5cccn5CC5CNCCO5)c4s3)C(=O)C21.O=C(O)C(F)(F)F. The van der Waals surface area contributed by atoms with Crippen LogP contribution in [0.4, 0.5) is 13.2 Å². The number of carboxylic acids is 1. The van der Waals surface area contributed by atoms with Gasteiger partial charge in [0.05, 0.1) is 47.9 Å². The Labute approximate surface area is 225 Å². The number of fused-ring (bicyclic) bond motifs is 2. The molecule has 2 saturated heterocycles. The topological polar surface area (TPSA) is 114 Å². The second-order valence-electron chi connectivity index (χ2n) is 10.4. The Morgan fingerprint density at radius 1 is 1.26 bits per heavy atom. The van der Waals surface area contributed by atoms with E-state index in [9.17, 15) is 22.8 Å². The van der Waals surface area contributed by atoms with E-state index in [1.165, 1.54) is 4.90 Å². The highest BCUT2D eigenvalue weighted by Crippen LogP contribution is 2.63. The predicted octanol–water partition coefficient (Wildman–Crippen LogP) is 3.53. The van der Waals surface area contributed by atoms with Crippen molar-refractivity contribution in [2.45, 2.75) is 39.2 Å². The highest BCUT2D eigenvalue weighted by molar-refractivity contribution is 7.19. The molecule has 3 aliphatic rings. The van der Waals surface area contributed by atoms with Gasteiger partial charge in [0.1, 0.15) is 0 Å². The van der Waals surface area contributed by atoms with Crippen LogP contribution in [-0.2, 0) is 32.2 Å². The summed E-state index contributed by atoms with van der Waals surface area (Å²) in [5, 5.41) is 10.5. The molecular formula is C26H27F3N4O5S. The number of alkyl halides is 3. The average Bonchev–Trinajstić information content (AvgIpc) is 3.27. The fraction of sp³-hybridized carbons (Fsp3) is 0.462. The largest absolute Gasteiger partial charge is 0.490 e. The zero-order chi connectivity index (χ0) is 28.1. The van der Waals surface area contributed by atoms with Gasteiger partial charge in [-0.05, 0) is 29.7 Å². The Kier molecular flexibility index (Phi) is 7.02. The van der Waals surface area contributed by atoms with Crippen LogP contribution in [0.25, 0.3) is 21.5 Å². The Bertz CT molecular complexity index is 1400. The monoisotopic (exact) mass is 564 g/mol. The molecule has 0 spiro atoms. The van der Waals surface area contributed by atoms with E-state index in [0.29, 0.717) is 6.54 Å². The van der Waals surface area contributed by atoms with E-state index >= 15 is 0 Å². The van der Waals surface area contributed by atoms with Crippen molar-refractivity contribution in [2.24, 2.45) is 17.3 Å². The number of aliphatic carboxylic acids is 1. The minimum absolute atomic E-state index is 0.0226. The number of hydrogen-bond acceptors (Lipinski definition) is 7. The second-order valence-corrected chi connectivity index (χ2v) is 11.5. The van der Waals surface area contributed by atoms with Crippen LogP contribution >= 0.6 is 11.3 Å². The molecule has 39 heavy (non-hydrogen) atoms. The molecule has 3 unspecified atom stereocenters. The third-order valence-corrected chi connectivity index (χ3v) is 8.56. The van der Waals surface area contributed by atoms with Crippen LogP contribution in [0.1, 0.15) is 18.7 Å².